The fraction of sp³-hybridized carbons (Fsp3) is 0.467. The van der Waals surface area contributed by atoms with Crippen LogP contribution < -0.4 is 0 Å². The number of likely N-dealkylation sites (tertiary alicyclic amines) is 1. The maximum atomic E-state index is 11.6. The molecule has 0 radical (unpaired) electrons. The molecule has 1 aliphatic rings. The fourth-order valence-electron chi connectivity index (χ4n) is 2.96. The lowest BCUT2D eigenvalue weighted by Gasteiger charge is -2.41. The van der Waals surface area contributed by atoms with E-state index in [1.165, 1.54) is 0 Å². The Labute approximate surface area is 128 Å². The van der Waals surface area contributed by atoms with E-state index in [0.29, 0.717) is 18.0 Å². The van der Waals surface area contributed by atoms with E-state index in [1.54, 1.807) is 19.2 Å². The first-order valence-electron chi connectivity index (χ1n) is 7.11. The van der Waals surface area contributed by atoms with Crippen molar-refractivity contribution in [3.63, 3.8) is 0 Å². The highest BCUT2D eigenvalue weighted by Crippen LogP contribution is 2.29. The van der Waals surface area contributed by atoms with Crippen LogP contribution in [0.2, 0.25) is 5.02 Å². The van der Waals surface area contributed by atoms with E-state index in [-0.39, 0.29) is 0 Å². The van der Waals surface area contributed by atoms with Crippen LogP contribution in [-0.4, -0.2) is 37.4 Å². The quantitative estimate of drug-likeness (QED) is 0.947. The molecule has 2 aromatic rings. The van der Waals surface area contributed by atoms with Crippen molar-refractivity contribution in [3.8, 4) is 0 Å². The van der Waals surface area contributed by atoms with Gasteiger partial charge in [0.25, 0.3) is 0 Å². The number of halogens is 1. The molecule has 3 rings (SSSR count). The Hall–Kier alpha value is -1.59. The number of nitrogens with zero attached hydrogens (tertiary/aromatic N) is 3. The van der Waals surface area contributed by atoms with Gasteiger partial charge in [0.1, 0.15) is 11.2 Å². The van der Waals surface area contributed by atoms with Gasteiger partial charge < -0.3 is 9.51 Å². The molecule has 1 fully saturated rings. The predicted octanol–water partition coefficient (Wildman–Crippen LogP) is 2.82. The molecule has 0 spiro atoms. The Bertz CT molecular complexity index is 685. The molecule has 3 heterocycles. The third kappa shape index (κ3) is 2.63. The number of rotatable bonds is 3. The molecule has 0 amide bonds. The number of carboxylic acids is 1. The zero-order valence-corrected chi connectivity index (χ0v) is 12.7. The van der Waals surface area contributed by atoms with Crippen molar-refractivity contribution in [2.75, 3.05) is 6.54 Å². The largest absolute Gasteiger partial charge is 0.480 e. The van der Waals surface area contributed by atoms with Gasteiger partial charge in [0.15, 0.2) is 0 Å². The molecular formula is C15H18ClN3O2. The van der Waals surface area contributed by atoms with E-state index >= 15 is 0 Å². The van der Waals surface area contributed by atoms with Gasteiger partial charge in [-0.3, -0.25) is 9.69 Å². The zero-order valence-electron chi connectivity index (χ0n) is 11.9. The molecule has 0 aromatic carbocycles. The summed E-state index contributed by atoms with van der Waals surface area (Å²) in [5, 5.41) is 10.2. The summed E-state index contributed by atoms with van der Waals surface area (Å²) in [6.45, 7) is 3.14. The number of pyridine rings is 1. The Morgan fingerprint density at radius 3 is 3.00 bits per heavy atom. The summed E-state index contributed by atoms with van der Waals surface area (Å²) in [4.78, 5) is 18.2. The first-order valence-corrected chi connectivity index (χ1v) is 7.48. The van der Waals surface area contributed by atoms with Crippen molar-refractivity contribution in [2.24, 2.45) is 0 Å². The van der Waals surface area contributed by atoms with Crippen molar-refractivity contribution in [1.29, 1.82) is 0 Å². The van der Waals surface area contributed by atoms with Crippen LogP contribution in [0.15, 0.2) is 24.5 Å². The number of carboxylic acid groups (broad SMARTS) is 1. The van der Waals surface area contributed by atoms with Crippen molar-refractivity contribution in [2.45, 2.75) is 38.3 Å². The summed E-state index contributed by atoms with van der Waals surface area (Å²) in [6, 6.07) is 3.66. The molecule has 21 heavy (non-hydrogen) atoms. The maximum Gasteiger partial charge on any atom is 0.323 e. The standard InChI is InChI=1S/C15H18ClN3O2/c1-15(14(20)21)6-2-3-7-19(15)10-12-9-18-8-11(16)4-5-13(18)17-12/h4-5,8-9H,2-3,6-7,10H2,1H3,(H,20,21). The van der Waals surface area contributed by atoms with E-state index in [0.717, 1.165) is 30.7 Å². The van der Waals surface area contributed by atoms with Gasteiger partial charge in [-0.25, -0.2) is 4.98 Å². The number of carbonyl (C=O) groups is 1. The van der Waals surface area contributed by atoms with Crippen LogP contribution in [0, 0.1) is 0 Å². The third-order valence-corrected chi connectivity index (χ3v) is 4.54. The molecule has 1 unspecified atom stereocenters. The zero-order chi connectivity index (χ0) is 15.0. The second kappa shape index (κ2) is 5.31. The van der Waals surface area contributed by atoms with Gasteiger partial charge in [0, 0.05) is 18.9 Å². The second-order valence-electron chi connectivity index (χ2n) is 5.80. The Morgan fingerprint density at radius 2 is 2.24 bits per heavy atom. The summed E-state index contributed by atoms with van der Waals surface area (Å²) in [6.07, 6.45) is 6.39. The highest BCUT2D eigenvalue weighted by Gasteiger charge is 2.41. The van der Waals surface area contributed by atoms with E-state index in [1.807, 2.05) is 21.6 Å². The molecule has 1 aliphatic heterocycles. The van der Waals surface area contributed by atoms with Crippen LogP contribution in [0.4, 0.5) is 0 Å². The van der Waals surface area contributed by atoms with Crippen LogP contribution >= 0.6 is 11.6 Å². The highest BCUT2D eigenvalue weighted by molar-refractivity contribution is 6.30. The highest BCUT2D eigenvalue weighted by atomic mass is 35.5. The average Bonchev–Trinajstić information content (AvgIpc) is 2.82. The molecule has 2 aromatic heterocycles. The number of imidazole rings is 1. The SMILES string of the molecule is CC1(C(=O)O)CCCCN1Cc1cn2cc(Cl)ccc2n1. The van der Waals surface area contributed by atoms with E-state index < -0.39 is 11.5 Å². The van der Waals surface area contributed by atoms with Crippen LogP contribution in [0.25, 0.3) is 5.65 Å². The lowest BCUT2D eigenvalue weighted by molar-refractivity contribution is -0.153. The van der Waals surface area contributed by atoms with Gasteiger partial charge in [-0.05, 0) is 44.9 Å². The molecule has 1 atom stereocenters. The summed E-state index contributed by atoms with van der Waals surface area (Å²) >= 11 is 5.97. The van der Waals surface area contributed by atoms with Crippen LogP contribution in [0.3, 0.4) is 0 Å². The number of aromatic nitrogens is 2. The summed E-state index contributed by atoms with van der Waals surface area (Å²) < 4.78 is 1.87. The Balaban J connectivity index is 1.87. The summed E-state index contributed by atoms with van der Waals surface area (Å²) in [5.41, 5.74) is 0.890. The molecule has 0 bridgehead atoms. The van der Waals surface area contributed by atoms with Gasteiger partial charge in [-0.1, -0.05) is 11.6 Å². The third-order valence-electron chi connectivity index (χ3n) is 4.32. The number of hydrogen-bond acceptors (Lipinski definition) is 3. The molecule has 112 valence electrons. The molecule has 5 nitrogen and oxygen atoms in total. The van der Waals surface area contributed by atoms with Crippen molar-refractivity contribution >= 4 is 23.2 Å². The molecule has 1 N–H and O–H groups in total. The lowest BCUT2D eigenvalue weighted by Crippen LogP contribution is -2.54. The number of hydrogen-bond donors (Lipinski definition) is 1. The van der Waals surface area contributed by atoms with E-state index in [4.69, 9.17) is 11.6 Å². The van der Waals surface area contributed by atoms with Crippen molar-refractivity contribution in [3.05, 3.63) is 35.2 Å². The smallest absolute Gasteiger partial charge is 0.323 e. The maximum absolute atomic E-state index is 11.6. The molecular weight excluding hydrogens is 290 g/mol. The van der Waals surface area contributed by atoms with Crippen molar-refractivity contribution in [1.82, 2.24) is 14.3 Å². The van der Waals surface area contributed by atoms with Crippen molar-refractivity contribution < 1.29 is 9.90 Å². The molecule has 1 saturated heterocycles. The Kier molecular flexibility index (Phi) is 3.63. The summed E-state index contributed by atoms with van der Waals surface area (Å²) in [7, 11) is 0. The normalized spacial score (nSPS) is 23.5. The number of aliphatic carboxylic acids is 1. The van der Waals surface area contributed by atoms with Gasteiger partial charge >= 0.3 is 5.97 Å². The predicted molar refractivity (Wildman–Crippen MR) is 80.5 cm³/mol. The monoisotopic (exact) mass is 307 g/mol. The molecule has 0 saturated carbocycles. The number of piperidine rings is 1. The van der Waals surface area contributed by atoms with Crippen LogP contribution in [0.5, 0.6) is 0 Å². The summed E-state index contributed by atoms with van der Waals surface area (Å²) in [5.74, 6) is -0.756. The van der Waals surface area contributed by atoms with E-state index in [2.05, 4.69) is 4.98 Å². The van der Waals surface area contributed by atoms with Crippen LogP contribution in [0.1, 0.15) is 31.9 Å². The second-order valence-corrected chi connectivity index (χ2v) is 6.24. The van der Waals surface area contributed by atoms with Gasteiger partial charge in [0.2, 0.25) is 0 Å². The minimum absolute atomic E-state index is 0.544. The van der Waals surface area contributed by atoms with E-state index in [9.17, 15) is 9.90 Å². The topological polar surface area (TPSA) is 57.8 Å². The minimum Gasteiger partial charge on any atom is -0.480 e. The molecule has 0 aliphatic carbocycles. The fourth-order valence-corrected chi connectivity index (χ4v) is 3.13. The van der Waals surface area contributed by atoms with Gasteiger partial charge in [-0.2, -0.15) is 0 Å². The lowest BCUT2D eigenvalue weighted by atomic mass is 9.88. The average molecular weight is 308 g/mol. The first-order chi connectivity index (χ1) is 9.99. The molecule has 6 heteroatoms. The number of fused-ring (bicyclic) bond motifs is 1. The Morgan fingerprint density at radius 1 is 1.43 bits per heavy atom. The van der Waals surface area contributed by atoms with Gasteiger partial charge in [0.05, 0.1) is 10.7 Å². The minimum atomic E-state index is -0.800. The van der Waals surface area contributed by atoms with Crippen LogP contribution in [-0.2, 0) is 11.3 Å². The first kappa shape index (κ1) is 14.4. The van der Waals surface area contributed by atoms with Gasteiger partial charge in [-0.15, -0.1) is 0 Å².